The Hall–Kier alpha value is -2.81. The Morgan fingerprint density at radius 3 is 2.73 bits per heavy atom. The predicted octanol–water partition coefficient (Wildman–Crippen LogP) is 3.49. The summed E-state index contributed by atoms with van der Waals surface area (Å²) in [4.78, 5) is 16.5. The second-order valence-electron chi connectivity index (χ2n) is 5.60. The molecule has 0 atom stereocenters. The highest BCUT2D eigenvalue weighted by molar-refractivity contribution is 7.92. The molecule has 0 amide bonds. The van der Waals surface area contributed by atoms with E-state index in [9.17, 15) is 22.0 Å². The van der Waals surface area contributed by atoms with Gasteiger partial charge in [0.2, 0.25) is 10.0 Å². The molecule has 1 aromatic heterocycles. The summed E-state index contributed by atoms with van der Waals surface area (Å²) >= 11 is 0. The number of carbonyl (C=O) groups excluding carboxylic acids is 1. The highest BCUT2D eigenvalue weighted by Crippen LogP contribution is 2.24. The number of halogens is 2. The van der Waals surface area contributed by atoms with Crippen molar-refractivity contribution in [2.75, 3.05) is 10.5 Å². The van der Waals surface area contributed by atoms with Gasteiger partial charge in [-0.15, -0.1) is 0 Å². The molecule has 0 fully saturated rings. The lowest BCUT2D eigenvalue weighted by Crippen LogP contribution is -2.17. The molecule has 0 aliphatic carbocycles. The van der Waals surface area contributed by atoms with Gasteiger partial charge in [-0.3, -0.25) is 9.52 Å². The van der Waals surface area contributed by atoms with Gasteiger partial charge in [-0.25, -0.2) is 22.2 Å². The summed E-state index contributed by atoms with van der Waals surface area (Å²) in [6, 6.07) is 5.92. The minimum absolute atomic E-state index is 0.0678. The van der Waals surface area contributed by atoms with E-state index in [2.05, 4.69) is 9.71 Å². The van der Waals surface area contributed by atoms with E-state index in [0.29, 0.717) is 23.6 Å². The van der Waals surface area contributed by atoms with E-state index in [0.717, 1.165) is 6.07 Å². The van der Waals surface area contributed by atoms with Gasteiger partial charge in [-0.2, -0.15) is 0 Å². The Morgan fingerprint density at radius 1 is 1.23 bits per heavy atom. The summed E-state index contributed by atoms with van der Waals surface area (Å²) < 4.78 is 58.9. The smallest absolute Gasteiger partial charge is 0.232 e. The molecule has 2 aromatic carbocycles. The topological polar surface area (TPSA) is 89.3 Å². The molecule has 3 rings (SSSR count). The lowest BCUT2D eigenvalue weighted by molar-refractivity contribution is 0.103. The maximum absolute atomic E-state index is 14.1. The number of oxazole rings is 1. The second kappa shape index (κ2) is 6.83. The van der Waals surface area contributed by atoms with E-state index >= 15 is 0 Å². The van der Waals surface area contributed by atoms with Gasteiger partial charge < -0.3 is 4.42 Å². The molecule has 6 nitrogen and oxygen atoms in total. The number of benzene rings is 2. The van der Waals surface area contributed by atoms with Crippen LogP contribution in [-0.2, 0) is 10.0 Å². The summed E-state index contributed by atoms with van der Waals surface area (Å²) in [5.74, 6) is -3.66. The number of sulfonamides is 1. The number of nitrogens with one attached hydrogen (secondary N) is 1. The largest absolute Gasteiger partial charge is 0.443 e. The fraction of sp³-hybridized carbons (Fsp3) is 0.176. The average Bonchev–Trinajstić information content (AvgIpc) is 3.04. The van der Waals surface area contributed by atoms with Crippen molar-refractivity contribution in [3.05, 3.63) is 59.5 Å². The molecule has 0 unspecified atom stereocenters. The van der Waals surface area contributed by atoms with Gasteiger partial charge in [-0.1, -0.05) is 6.92 Å². The van der Waals surface area contributed by atoms with Crippen LogP contribution in [0.2, 0.25) is 0 Å². The van der Waals surface area contributed by atoms with Crippen LogP contribution in [0.25, 0.3) is 11.1 Å². The number of hydrogen-bond donors (Lipinski definition) is 1. The first-order chi connectivity index (χ1) is 12.3. The number of anilines is 1. The normalized spacial score (nSPS) is 11.7. The lowest BCUT2D eigenvalue weighted by Gasteiger charge is -2.10. The summed E-state index contributed by atoms with van der Waals surface area (Å²) in [7, 11) is -3.72. The number of hydrogen-bond acceptors (Lipinski definition) is 5. The molecular formula is C17H14F2N2O4S. The second-order valence-corrected chi connectivity index (χ2v) is 7.45. The van der Waals surface area contributed by atoms with E-state index in [1.54, 1.807) is 6.92 Å². The number of aromatic nitrogens is 1. The van der Waals surface area contributed by atoms with Crippen molar-refractivity contribution in [1.82, 2.24) is 4.98 Å². The zero-order valence-electron chi connectivity index (χ0n) is 13.6. The Morgan fingerprint density at radius 2 is 2.00 bits per heavy atom. The maximum Gasteiger partial charge on any atom is 0.232 e. The van der Waals surface area contributed by atoms with Crippen molar-refractivity contribution >= 4 is 32.6 Å². The molecule has 0 bridgehead atoms. The number of fused-ring (bicyclic) bond motifs is 1. The minimum Gasteiger partial charge on any atom is -0.443 e. The highest BCUT2D eigenvalue weighted by atomic mass is 32.2. The van der Waals surface area contributed by atoms with Crippen molar-refractivity contribution in [2.45, 2.75) is 13.3 Å². The minimum atomic E-state index is -3.72. The molecule has 1 N–H and O–H groups in total. The van der Waals surface area contributed by atoms with E-state index in [4.69, 9.17) is 4.42 Å². The third kappa shape index (κ3) is 3.57. The van der Waals surface area contributed by atoms with E-state index in [-0.39, 0.29) is 17.0 Å². The van der Waals surface area contributed by atoms with E-state index in [1.807, 2.05) is 0 Å². The van der Waals surface area contributed by atoms with Crippen LogP contribution in [0.4, 0.5) is 14.5 Å². The van der Waals surface area contributed by atoms with E-state index in [1.165, 1.54) is 24.6 Å². The molecule has 26 heavy (non-hydrogen) atoms. The van der Waals surface area contributed by atoms with Gasteiger partial charge in [0.25, 0.3) is 0 Å². The molecule has 1 heterocycles. The molecule has 0 spiro atoms. The Bertz CT molecular complexity index is 1090. The summed E-state index contributed by atoms with van der Waals surface area (Å²) in [5, 5.41) is 0. The fourth-order valence-corrected chi connectivity index (χ4v) is 3.58. The number of carbonyl (C=O) groups is 1. The van der Waals surface area contributed by atoms with Gasteiger partial charge in [0.05, 0.1) is 17.0 Å². The maximum atomic E-state index is 14.1. The SMILES string of the molecule is CCCS(=O)(=O)Nc1cc(F)c(F)c(C(=O)c2ccc3ocnc3c2)c1. The van der Waals surface area contributed by atoms with Crippen LogP contribution in [0, 0.1) is 11.6 Å². The first kappa shape index (κ1) is 18.0. The molecule has 0 radical (unpaired) electrons. The molecule has 3 aromatic rings. The van der Waals surface area contributed by atoms with Crippen molar-refractivity contribution in [1.29, 1.82) is 0 Å². The Balaban J connectivity index is 2.01. The zero-order chi connectivity index (χ0) is 18.9. The molecule has 136 valence electrons. The van der Waals surface area contributed by atoms with Crippen LogP contribution < -0.4 is 4.72 Å². The Labute approximate surface area is 147 Å². The Kier molecular flexibility index (Phi) is 4.73. The third-order valence-corrected chi connectivity index (χ3v) is 5.10. The quantitative estimate of drug-likeness (QED) is 0.661. The van der Waals surface area contributed by atoms with Crippen LogP contribution in [0.1, 0.15) is 29.3 Å². The van der Waals surface area contributed by atoms with Crippen LogP contribution in [0.3, 0.4) is 0 Å². The number of ketones is 1. The van der Waals surface area contributed by atoms with Gasteiger partial charge in [-0.05, 0) is 30.7 Å². The van der Waals surface area contributed by atoms with Crippen molar-refractivity contribution in [3.8, 4) is 0 Å². The molecule has 0 aliphatic rings. The molecular weight excluding hydrogens is 366 g/mol. The van der Waals surface area contributed by atoms with Crippen molar-refractivity contribution in [2.24, 2.45) is 0 Å². The molecule has 0 saturated carbocycles. The van der Waals surface area contributed by atoms with Crippen molar-refractivity contribution in [3.63, 3.8) is 0 Å². The summed E-state index contributed by atoms with van der Waals surface area (Å²) in [5.41, 5.74) is 0.0920. The summed E-state index contributed by atoms with van der Waals surface area (Å²) in [6.07, 6.45) is 1.55. The van der Waals surface area contributed by atoms with Crippen LogP contribution >= 0.6 is 0 Å². The van der Waals surface area contributed by atoms with Crippen molar-refractivity contribution < 1.29 is 26.4 Å². The van der Waals surface area contributed by atoms with E-state index < -0.39 is 33.0 Å². The number of nitrogens with zero attached hydrogens (tertiary/aromatic N) is 1. The zero-order valence-corrected chi connectivity index (χ0v) is 14.4. The lowest BCUT2D eigenvalue weighted by atomic mass is 10.0. The van der Waals surface area contributed by atoms with Gasteiger partial charge in [0.1, 0.15) is 5.52 Å². The van der Waals surface area contributed by atoms with Crippen LogP contribution in [0.15, 0.2) is 41.1 Å². The third-order valence-electron chi connectivity index (χ3n) is 3.61. The summed E-state index contributed by atoms with van der Waals surface area (Å²) in [6.45, 7) is 1.67. The van der Waals surface area contributed by atoms with Crippen LogP contribution in [-0.4, -0.2) is 24.9 Å². The first-order valence-corrected chi connectivity index (χ1v) is 9.33. The average molecular weight is 380 g/mol. The standard InChI is InChI=1S/C17H14F2N2O4S/c1-2-5-26(23,24)21-11-7-12(16(19)13(18)8-11)17(22)10-3-4-15-14(6-10)20-9-25-15/h3-4,6-9,21H,2,5H2,1H3. The first-order valence-electron chi connectivity index (χ1n) is 7.68. The van der Waals surface area contributed by atoms with Crippen LogP contribution in [0.5, 0.6) is 0 Å². The van der Waals surface area contributed by atoms with Gasteiger partial charge in [0, 0.05) is 11.6 Å². The number of rotatable bonds is 6. The predicted molar refractivity (Wildman–Crippen MR) is 91.5 cm³/mol. The highest BCUT2D eigenvalue weighted by Gasteiger charge is 2.21. The monoisotopic (exact) mass is 380 g/mol. The molecule has 0 saturated heterocycles. The molecule has 9 heteroatoms. The fourth-order valence-electron chi connectivity index (χ4n) is 2.47. The van der Waals surface area contributed by atoms with Gasteiger partial charge >= 0.3 is 0 Å². The van der Waals surface area contributed by atoms with Gasteiger partial charge in [0.15, 0.2) is 29.4 Å². The molecule has 0 aliphatic heterocycles.